The molecular formula is C13H15Cl2NO4S. The molecule has 8 heteroatoms. The van der Waals surface area contributed by atoms with Crippen molar-refractivity contribution in [2.45, 2.75) is 24.3 Å². The maximum atomic E-state index is 12.2. The van der Waals surface area contributed by atoms with E-state index < -0.39 is 9.05 Å². The number of carbonyl (C=O) groups is 1. The second-order valence-corrected chi connectivity index (χ2v) is 7.91. The molecule has 2 atom stereocenters. The Bertz CT molecular complexity index is 642. The van der Waals surface area contributed by atoms with Gasteiger partial charge in [-0.1, -0.05) is 11.6 Å². The van der Waals surface area contributed by atoms with E-state index in [1.807, 2.05) is 6.92 Å². The van der Waals surface area contributed by atoms with Crippen molar-refractivity contribution >= 4 is 37.2 Å². The minimum Gasteiger partial charge on any atom is -0.381 e. The first-order chi connectivity index (χ1) is 9.79. The Morgan fingerprint density at radius 1 is 1.48 bits per heavy atom. The van der Waals surface area contributed by atoms with Crippen LogP contribution in [0.2, 0.25) is 5.02 Å². The number of ether oxygens (including phenoxy) is 1. The highest BCUT2D eigenvalue weighted by Crippen LogP contribution is 2.26. The number of halogens is 2. The third-order valence-electron chi connectivity index (χ3n) is 3.49. The van der Waals surface area contributed by atoms with E-state index >= 15 is 0 Å². The average molecular weight is 352 g/mol. The lowest BCUT2D eigenvalue weighted by Crippen LogP contribution is -2.38. The normalized spacial score (nSPS) is 20.2. The third kappa shape index (κ3) is 4.10. The minimum atomic E-state index is -3.99. The molecule has 0 spiro atoms. The van der Waals surface area contributed by atoms with E-state index in [2.05, 4.69) is 5.32 Å². The summed E-state index contributed by atoms with van der Waals surface area (Å²) in [4.78, 5) is 11.9. The van der Waals surface area contributed by atoms with Gasteiger partial charge in [-0.25, -0.2) is 8.42 Å². The van der Waals surface area contributed by atoms with Crippen LogP contribution in [0.4, 0.5) is 0 Å². The van der Waals surface area contributed by atoms with Crippen LogP contribution in [0.3, 0.4) is 0 Å². The number of amides is 1. The van der Waals surface area contributed by atoms with E-state index in [4.69, 9.17) is 27.0 Å². The van der Waals surface area contributed by atoms with Gasteiger partial charge in [-0.2, -0.15) is 0 Å². The summed E-state index contributed by atoms with van der Waals surface area (Å²) in [5.74, 6) is -0.106. The van der Waals surface area contributed by atoms with Crippen molar-refractivity contribution in [3.8, 4) is 0 Å². The first-order valence-corrected chi connectivity index (χ1v) is 9.10. The molecule has 0 saturated carbocycles. The summed E-state index contributed by atoms with van der Waals surface area (Å²) in [6, 6.07) is 3.92. The highest BCUT2D eigenvalue weighted by atomic mass is 35.7. The molecule has 0 aliphatic carbocycles. The van der Waals surface area contributed by atoms with Crippen molar-refractivity contribution in [1.82, 2.24) is 5.32 Å². The van der Waals surface area contributed by atoms with Gasteiger partial charge in [0.2, 0.25) is 0 Å². The van der Waals surface area contributed by atoms with Crippen LogP contribution in [0.15, 0.2) is 23.1 Å². The van der Waals surface area contributed by atoms with Crippen LogP contribution in [0.5, 0.6) is 0 Å². The lowest BCUT2D eigenvalue weighted by Gasteiger charge is -2.19. The van der Waals surface area contributed by atoms with Gasteiger partial charge < -0.3 is 10.1 Å². The molecule has 1 fully saturated rings. The summed E-state index contributed by atoms with van der Waals surface area (Å²) < 4.78 is 28.1. The van der Waals surface area contributed by atoms with Crippen molar-refractivity contribution in [2.75, 3.05) is 13.2 Å². The Balaban J connectivity index is 2.16. The number of hydrogen-bond acceptors (Lipinski definition) is 4. The quantitative estimate of drug-likeness (QED) is 0.845. The standard InChI is InChI=1S/C13H15Cl2NO4S/c1-8(10-4-5-20-7-10)16-13(17)9-2-3-11(14)12(6-9)21(15,18)19/h2-3,6,8,10H,4-5,7H2,1H3,(H,16,17). The van der Waals surface area contributed by atoms with E-state index in [0.717, 1.165) is 6.42 Å². The fourth-order valence-electron chi connectivity index (χ4n) is 2.19. The predicted octanol–water partition coefficient (Wildman–Crippen LogP) is 2.42. The molecule has 21 heavy (non-hydrogen) atoms. The summed E-state index contributed by atoms with van der Waals surface area (Å²) in [6.45, 7) is 3.20. The van der Waals surface area contributed by atoms with Crippen molar-refractivity contribution in [3.63, 3.8) is 0 Å². The lowest BCUT2D eigenvalue weighted by atomic mass is 10.0. The molecule has 0 radical (unpaired) electrons. The van der Waals surface area contributed by atoms with Gasteiger partial charge in [0.25, 0.3) is 15.0 Å². The zero-order chi connectivity index (χ0) is 15.6. The lowest BCUT2D eigenvalue weighted by molar-refractivity contribution is 0.0922. The molecule has 1 aromatic rings. The minimum absolute atomic E-state index is 0.0150. The van der Waals surface area contributed by atoms with Crippen LogP contribution in [0, 0.1) is 5.92 Å². The smallest absolute Gasteiger partial charge is 0.262 e. The number of nitrogens with one attached hydrogen (secondary N) is 1. The highest BCUT2D eigenvalue weighted by molar-refractivity contribution is 8.13. The van der Waals surface area contributed by atoms with Gasteiger partial charge >= 0.3 is 0 Å². The molecule has 5 nitrogen and oxygen atoms in total. The Hall–Kier alpha value is -0.820. The first-order valence-electron chi connectivity index (χ1n) is 6.42. The molecule has 1 aliphatic heterocycles. The molecule has 0 bridgehead atoms. The number of carbonyl (C=O) groups excluding carboxylic acids is 1. The van der Waals surface area contributed by atoms with Crippen LogP contribution >= 0.6 is 22.3 Å². The van der Waals surface area contributed by atoms with Gasteiger partial charge in [0.15, 0.2) is 0 Å². The molecule has 1 amide bonds. The van der Waals surface area contributed by atoms with Crippen molar-refractivity contribution < 1.29 is 17.9 Å². The molecule has 1 saturated heterocycles. The van der Waals surface area contributed by atoms with E-state index in [9.17, 15) is 13.2 Å². The van der Waals surface area contributed by atoms with Crippen molar-refractivity contribution in [2.24, 2.45) is 5.92 Å². The molecule has 1 aromatic carbocycles. The van der Waals surface area contributed by atoms with Crippen LogP contribution in [-0.2, 0) is 13.8 Å². The molecule has 1 N–H and O–H groups in total. The van der Waals surface area contributed by atoms with E-state index in [0.29, 0.717) is 13.2 Å². The highest BCUT2D eigenvalue weighted by Gasteiger charge is 2.24. The molecule has 116 valence electrons. The SMILES string of the molecule is CC(NC(=O)c1ccc(Cl)c(S(=O)(=O)Cl)c1)C1CCOC1. The van der Waals surface area contributed by atoms with Gasteiger partial charge in [-0.3, -0.25) is 4.79 Å². The molecule has 1 heterocycles. The maximum absolute atomic E-state index is 12.2. The number of benzene rings is 1. The molecule has 0 aromatic heterocycles. The number of hydrogen-bond donors (Lipinski definition) is 1. The van der Waals surface area contributed by atoms with Gasteiger partial charge in [-0.15, -0.1) is 0 Å². The maximum Gasteiger partial charge on any atom is 0.262 e. The predicted molar refractivity (Wildman–Crippen MR) is 80.3 cm³/mol. The van der Waals surface area contributed by atoms with Gasteiger partial charge in [0.05, 0.1) is 11.6 Å². The van der Waals surface area contributed by atoms with Gasteiger partial charge in [0, 0.05) is 34.8 Å². The molecule has 2 unspecified atom stereocenters. The average Bonchev–Trinajstić information content (AvgIpc) is 2.91. The van der Waals surface area contributed by atoms with Gasteiger partial charge in [0.1, 0.15) is 4.90 Å². The van der Waals surface area contributed by atoms with Gasteiger partial charge in [-0.05, 0) is 31.5 Å². The summed E-state index contributed by atoms with van der Waals surface area (Å²) in [5.41, 5.74) is 0.199. The second-order valence-electron chi connectivity index (χ2n) is 4.97. The summed E-state index contributed by atoms with van der Waals surface area (Å²) >= 11 is 5.78. The Labute approximate surface area is 133 Å². The van der Waals surface area contributed by atoms with Crippen LogP contribution < -0.4 is 5.32 Å². The van der Waals surface area contributed by atoms with E-state index in [-0.39, 0.29) is 33.3 Å². The largest absolute Gasteiger partial charge is 0.381 e. The summed E-state index contributed by atoms with van der Waals surface area (Å²) in [7, 11) is 1.30. The fraction of sp³-hybridized carbons (Fsp3) is 0.462. The Kier molecular flexibility index (Phi) is 5.14. The topological polar surface area (TPSA) is 72.5 Å². The molecular weight excluding hydrogens is 337 g/mol. The number of rotatable bonds is 4. The van der Waals surface area contributed by atoms with Crippen LogP contribution in [0.1, 0.15) is 23.7 Å². The van der Waals surface area contributed by atoms with Crippen LogP contribution in [-0.4, -0.2) is 33.6 Å². The van der Waals surface area contributed by atoms with Crippen molar-refractivity contribution in [1.29, 1.82) is 0 Å². The first kappa shape index (κ1) is 16.5. The molecule has 1 aliphatic rings. The Morgan fingerprint density at radius 2 is 2.19 bits per heavy atom. The second kappa shape index (κ2) is 6.52. The fourth-order valence-corrected chi connectivity index (χ4v) is 3.68. The Morgan fingerprint density at radius 3 is 2.76 bits per heavy atom. The van der Waals surface area contributed by atoms with E-state index in [1.54, 1.807) is 0 Å². The van der Waals surface area contributed by atoms with Crippen molar-refractivity contribution in [3.05, 3.63) is 28.8 Å². The molecule has 2 rings (SSSR count). The van der Waals surface area contributed by atoms with E-state index in [1.165, 1.54) is 18.2 Å². The summed E-state index contributed by atoms with van der Waals surface area (Å²) in [5, 5.41) is 2.82. The third-order valence-corrected chi connectivity index (χ3v) is 5.29. The monoisotopic (exact) mass is 351 g/mol. The zero-order valence-electron chi connectivity index (χ0n) is 11.3. The zero-order valence-corrected chi connectivity index (χ0v) is 13.6. The summed E-state index contributed by atoms with van der Waals surface area (Å²) in [6.07, 6.45) is 0.892. The van der Waals surface area contributed by atoms with Crippen LogP contribution in [0.25, 0.3) is 0 Å².